The fourth-order valence-electron chi connectivity index (χ4n) is 4.40. The van der Waals surface area contributed by atoms with E-state index in [9.17, 15) is 9.59 Å². The van der Waals surface area contributed by atoms with Crippen LogP contribution in [0.5, 0.6) is 0 Å². The maximum absolute atomic E-state index is 12.2. The standard InChI is InChI=1S/C15H20O3/c1-9(2)15-7-5-13(3,6-8-15)14(4)10(15)11(16)18-12(14)17/h5,7,9-10H,6,8H2,1-4H3. The van der Waals surface area contributed by atoms with Gasteiger partial charge in [-0.15, -0.1) is 0 Å². The largest absolute Gasteiger partial charge is 0.392 e. The third-order valence-corrected chi connectivity index (χ3v) is 6.07. The minimum Gasteiger partial charge on any atom is -0.392 e. The molecule has 3 nitrogen and oxygen atoms in total. The lowest BCUT2D eigenvalue weighted by atomic mass is 9.41. The molecule has 0 amide bonds. The Morgan fingerprint density at radius 2 is 1.89 bits per heavy atom. The summed E-state index contributed by atoms with van der Waals surface area (Å²) >= 11 is 0. The van der Waals surface area contributed by atoms with E-state index in [2.05, 4.69) is 32.9 Å². The van der Waals surface area contributed by atoms with E-state index in [4.69, 9.17) is 4.74 Å². The number of allylic oxidation sites excluding steroid dienone is 2. The first-order valence-electron chi connectivity index (χ1n) is 6.74. The van der Waals surface area contributed by atoms with Crippen molar-refractivity contribution in [2.45, 2.75) is 40.5 Å². The summed E-state index contributed by atoms with van der Waals surface area (Å²) in [5.41, 5.74) is -1.12. The Kier molecular flexibility index (Phi) is 2.03. The number of fused-ring (bicyclic) bond motifs is 1. The van der Waals surface area contributed by atoms with Crippen LogP contribution in [0.25, 0.3) is 0 Å². The van der Waals surface area contributed by atoms with Gasteiger partial charge in [0, 0.05) is 10.8 Å². The molecule has 3 heteroatoms. The summed E-state index contributed by atoms with van der Waals surface area (Å²) in [5.74, 6) is -0.608. The maximum Gasteiger partial charge on any atom is 0.321 e. The number of cyclic esters (lactones) is 2. The molecule has 4 rings (SSSR count). The maximum atomic E-state index is 12.2. The van der Waals surface area contributed by atoms with E-state index in [0.717, 1.165) is 12.8 Å². The van der Waals surface area contributed by atoms with E-state index >= 15 is 0 Å². The second kappa shape index (κ2) is 3.06. The summed E-state index contributed by atoms with van der Waals surface area (Å²) in [6.07, 6.45) is 6.28. The molecule has 18 heavy (non-hydrogen) atoms. The number of ether oxygens (including phenoxy) is 1. The second-order valence-corrected chi connectivity index (χ2v) is 6.86. The Labute approximate surface area is 108 Å². The monoisotopic (exact) mass is 248 g/mol. The number of carbonyl (C=O) groups is 2. The van der Waals surface area contributed by atoms with Crippen LogP contribution >= 0.6 is 0 Å². The highest BCUT2D eigenvalue weighted by atomic mass is 16.6. The Balaban J connectivity index is 2.27. The molecular formula is C15H20O3. The average Bonchev–Trinajstić information content (AvgIpc) is 2.54. The van der Waals surface area contributed by atoms with E-state index in [1.165, 1.54) is 0 Å². The van der Waals surface area contributed by atoms with Crippen molar-refractivity contribution in [3.8, 4) is 0 Å². The molecule has 98 valence electrons. The zero-order valence-electron chi connectivity index (χ0n) is 11.4. The van der Waals surface area contributed by atoms with Crippen LogP contribution in [0.1, 0.15) is 40.5 Å². The highest BCUT2D eigenvalue weighted by molar-refractivity contribution is 6.01. The van der Waals surface area contributed by atoms with Gasteiger partial charge in [-0.05, 0) is 25.7 Å². The zero-order chi connectivity index (χ0) is 13.3. The van der Waals surface area contributed by atoms with Crippen molar-refractivity contribution in [3.63, 3.8) is 0 Å². The summed E-state index contributed by atoms with van der Waals surface area (Å²) in [6.45, 7) is 8.27. The van der Waals surface area contributed by atoms with Gasteiger partial charge in [0.25, 0.3) is 0 Å². The molecule has 1 heterocycles. The summed E-state index contributed by atoms with van der Waals surface area (Å²) < 4.78 is 5.01. The van der Waals surface area contributed by atoms with Crippen molar-refractivity contribution in [1.82, 2.24) is 0 Å². The third kappa shape index (κ3) is 0.987. The predicted molar refractivity (Wildman–Crippen MR) is 66.4 cm³/mol. The predicted octanol–water partition coefficient (Wildman–Crippen LogP) is 2.70. The Morgan fingerprint density at radius 1 is 1.22 bits per heavy atom. The van der Waals surface area contributed by atoms with Crippen molar-refractivity contribution in [3.05, 3.63) is 12.2 Å². The highest BCUT2D eigenvalue weighted by Crippen LogP contribution is 2.69. The van der Waals surface area contributed by atoms with E-state index in [1.54, 1.807) is 0 Å². The van der Waals surface area contributed by atoms with Crippen LogP contribution in [0.2, 0.25) is 0 Å². The highest BCUT2D eigenvalue weighted by Gasteiger charge is 2.73. The molecule has 4 unspecified atom stereocenters. The molecule has 0 aromatic heterocycles. The lowest BCUT2D eigenvalue weighted by Crippen LogP contribution is -2.59. The molecule has 0 radical (unpaired) electrons. The molecule has 0 spiro atoms. The number of hydrogen-bond donors (Lipinski definition) is 0. The average molecular weight is 248 g/mol. The molecule has 3 aliphatic carbocycles. The summed E-state index contributed by atoms with van der Waals surface area (Å²) in [4.78, 5) is 24.4. The van der Waals surface area contributed by atoms with Gasteiger partial charge in [0.15, 0.2) is 0 Å². The smallest absolute Gasteiger partial charge is 0.321 e. The molecule has 1 saturated heterocycles. The van der Waals surface area contributed by atoms with Crippen LogP contribution in [0.3, 0.4) is 0 Å². The number of rotatable bonds is 1. The van der Waals surface area contributed by atoms with Crippen molar-refractivity contribution >= 4 is 11.9 Å². The molecule has 0 aromatic rings. The minimum atomic E-state index is -0.679. The lowest BCUT2D eigenvalue weighted by Gasteiger charge is -2.59. The number of esters is 2. The first kappa shape index (κ1) is 11.9. The Morgan fingerprint density at radius 3 is 2.39 bits per heavy atom. The van der Waals surface area contributed by atoms with Crippen molar-refractivity contribution in [2.75, 3.05) is 0 Å². The van der Waals surface area contributed by atoms with Crippen LogP contribution in [0, 0.1) is 28.1 Å². The van der Waals surface area contributed by atoms with Crippen molar-refractivity contribution in [2.24, 2.45) is 28.1 Å². The molecule has 0 N–H and O–H groups in total. The van der Waals surface area contributed by atoms with Gasteiger partial charge in [-0.1, -0.05) is 32.9 Å². The summed E-state index contributed by atoms with van der Waals surface area (Å²) in [7, 11) is 0. The SMILES string of the molecule is CC(C)C12C=CC(C)(CC1)C1(C)C(=O)OC(=O)C21. The van der Waals surface area contributed by atoms with E-state index < -0.39 is 5.41 Å². The third-order valence-electron chi connectivity index (χ3n) is 6.07. The molecule has 1 saturated carbocycles. The van der Waals surface area contributed by atoms with Gasteiger partial charge in [-0.3, -0.25) is 9.59 Å². The van der Waals surface area contributed by atoms with Crippen LogP contribution in [0.4, 0.5) is 0 Å². The van der Waals surface area contributed by atoms with Crippen LogP contribution < -0.4 is 0 Å². The van der Waals surface area contributed by atoms with E-state index in [0.29, 0.717) is 5.92 Å². The molecule has 2 fully saturated rings. The van der Waals surface area contributed by atoms with Gasteiger partial charge in [-0.2, -0.15) is 0 Å². The van der Waals surface area contributed by atoms with Crippen molar-refractivity contribution in [1.29, 1.82) is 0 Å². The second-order valence-electron chi connectivity index (χ2n) is 6.86. The molecular weight excluding hydrogens is 228 g/mol. The van der Waals surface area contributed by atoms with E-state index in [-0.39, 0.29) is 28.7 Å². The quantitative estimate of drug-likeness (QED) is 0.407. The van der Waals surface area contributed by atoms with Gasteiger partial charge >= 0.3 is 11.9 Å². The summed E-state index contributed by atoms with van der Waals surface area (Å²) in [6, 6.07) is 0. The molecule has 1 aliphatic heterocycles. The molecule has 4 atom stereocenters. The fraction of sp³-hybridized carbons (Fsp3) is 0.733. The van der Waals surface area contributed by atoms with Gasteiger partial charge in [-0.25, -0.2) is 0 Å². The first-order valence-corrected chi connectivity index (χ1v) is 6.74. The number of hydrogen-bond acceptors (Lipinski definition) is 3. The van der Waals surface area contributed by atoms with Gasteiger partial charge < -0.3 is 4.74 Å². The lowest BCUT2D eigenvalue weighted by molar-refractivity contribution is -0.158. The van der Waals surface area contributed by atoms with Crippen molar-refractivity contribution < 1.29 is 14.3 Å². The Bertz CT molecular complexity index is 478. The molecule has 2 bridgehead atoms. The zero-order valence-corrected chi connectivity index (χ0v) is 11.4. The molecule has 4 aliphatic rings. The summed E-state index contributed by atoms with van der Waals surface area (Å²) in [5, 5.41) is 0. The van der Waals surface area contributed by atoms with Gasteiger partial charge in [0.1, 0.15) is 0 Å². The van der Waals surface area contributed by atoms with Crippen LogP contribution in [-0.2, 0) is 14.3 Å². The fourth-order valence-corrected chi connectivity index (χ4v) is 4.40. The first-order chi connectivity index (χ1) is 8.28. The van der Waals surface area contributed by atoms with Gasteiger partial charge in [0.2, 0.25) is 0 Å². The topological polar surface area (TPSA) is 43.4 Å². The van der Waals surface area contributed by atoms with Crippen LogP contribution in [-0.4, -0.2) is 11.9 Å². The molecule has 0 aromatic carbocycles. The van der Waals surface area contributed by atoms with E-state index in [1.807, 2.05) is 6.92 Å². The van der Waals surface area contributed by atoms with Gasteiger partial charge in [0.05, 0.1) is 11.3 Å². The Hall–Kier alpha value is -1.12. The normalized spacial score (nSPS) is 49.7. The van der Waals surface area contributed by atoms with Crippen LogP contribution in [0.15, 0.2) is 12.2 Å². The minimum absolute atomic E-state index is 0.199. The number of carbonyl (C=O) groups excluding carboxylic acids is 2.